The van der Waals surface area contributed by atoms with E-state index < -0.39 is 14.9 Å². The molecule has 0 saturated heterocycles. The van der Waals surface area contributed by atoms with Crippen LogP contribution in [0.5, 0.6) is 0 Å². The van der Waals surface area contributed by atoms with Crippen molar-refractivity contribution < 1.29 is 37.6 Å². The SMILES string of the molecule is CCCCCCCCCCCCCCOP(=O)(C[P+](C)(C)C)OCCCCCCCCCCCCCC.[I-]. The quantitative estimate of drug-likeness (QED) is 0.0428. The monoisotopic (exact) mass is 690 g/mol. The van der Waals surface area contributed by atoms with E-state index in [4.69, 9.17) is 9.05 Å². The van der Waals surface area contributed by atoms with E-state index in [1.807, 2.05) is 0 Å². The topological polar surface area (TPSA) is 35.5 Å². The van der Waals surface area contributed by atoms with Crippen LogP contribution in [0.25, 0.3) is 0 Å². The van der Waals surface area contributed by atoms with Crippen molar-refractivity contribution in [2.75, 3.05) is 39.1 Å². The molecule has 0 amide bonds. The van der Waals surface area contributed by atoms with Crippen LogP contribution >= 0.6 is 14.9 Å². The Kier molecular flexibility index (Phi) is 32.5. The summed E-state index contributed by atoms with van der Waals surface area (Å²) < 4.78 is 25.3. The summed E-state index contributed by atoms with van der Waals surface area (Å²) in [6.45, 7) is 12.5. The van der Waals surface area contributed by atoms with E-state index in [1.165, 1.54) is 141 Å². The number of halogens is 1. The van der Waals surface area contributed by atoms with Crippen molar-refractivity contribution in [3.8, 4) is 0 Å². The van der Waals surface area contributed by atoms with Gasteiger partial charge < -0.3 is 33.0 Å². The summed E-state index contributed by atoms with van der Waals surface area (Å²) in [5.41, 5.74) is 0. The molecule has 6 heteroatoms. The average molecular weight is 691 g/mol. The van der Waals surface area contributed by atoms with Gasteiger partial charge >= 0.3 is 7.60 Å². The van der Waals surface area contributed by atoms with Gasteiger partial charge in [0.1, 0.15) is 0 Å². The van der Waals surface area contributed by atoms with Gasteiger partial charge in [0.2, 0.25) is 0 Å². The van der Waals surface area contributed by atoms with E-state index in [2.05, 4.69) is 33.8 Å². The lowest BCUT2D eigenvalue weighted by molar-refractivity contribution is -0.0000133. The Hall–Kier alpha value is 1.31. The third-order valence-electron chi connectivity index (χ3n) is 7.17. The molecule has 0 N–H and O–H groups in total. The van der Waals surface area contributed by atoms with Gasteiger partial charge in [-0.25, -0.2) is 0 Å². The molecule has 0 aliphatic heterocycles. The van der Waals surface area contributed by atoms with Crippen LogP contribution in [0.2, 0.25) is 0 Å². The zero-order chi connectivity index (χ0) is 27.5. The van der Waals surface area contributed by atoms with Crippen molar-refractivity contribution in [1.29, 1.82) is 0 Å². The van der Waals surface area contributed by atoms with E-state index in [9.17, 15) is 4.57 Å². The van der Waals surface area contributed by atoms with Gasteiger partial charge in [-0.15, -0.1) is 0 Å². The standard InChI is InChI=1S/C32H69O3P2.HI/c1-6-8-10-12-14-16-18-20-22-24-26-28-30-34-37(33,32-36(3,4)5)35-31-29-27-25-23-21-19-17-15-13-11-9-7-2;/h6-32H2,1-5H3;1H/q+1;/p-1. The Morgan fingerprint density at radius 2 is 0.684 bits per heavy atom. The van der Waals surface area contributed by atoms with E-state index >= 15 is 0 Å². The van der Waals surface area contributed by atoms with E-state index in [-0.39, 0.29) is 24.0 Å². The molecule has 0 saturated carbocycles. The van der Waals surface area contributed by atoms with Crippen LogP contribution in [0, 0.1) is 0 Å². The van der Waals surface area contributed by atoms with Crippen LogP contribution in [0.4, 0.5) is 0 Å². The van der Waals surface area contributed by atoms with Crippen molar-refractivity contribution >= 4 is 14.9 Å². The zero-order valence-corrected chi connectivity index (χ0v) is 30.5. The van der Waals surface area contributed by atoms with Gasteiger partial charge in [-0.2, -0.15) is 0 Å². The molecule has 0 radical (unpaired) electrons. The summed E-state index contributed by atoms with van der Waals surface area (Å²) >= 11 is 0. The fourth-order valence-electron chi connectivity index (χ4n) is 4.93. The smallest absolute Gasteiger partial charge is 0.367 e. The van der Waals surface area contributed by atoms with Crippen molar-refractivity contribution in [3.05, 3.63) is 0 Å². The van der Waals surface area contributed by atoms with Crippen LogP contribution in [0.1, 0.15) is 168 Å². The summed E-state index contributed by atoms with van der Waals surface area (Å²) in [6, 6.07) is 0. The molecule has 0 aromatic carbocycles. The molecule has 0 spiro atoms. The third-order valence-corrected chi connectivity index (χ3v) is 13.1. The molecule has 232 valence electrons. The summed E-state index contributed by atoms with van der Waals surface area (Å²) in [4.78, 5) is 0. The van der Waals surface area contributed by atoms with E-state index in [1.54, 1.807) is 0 Å². The van der Waals surface area contributed by atoms with E-state index in [0.717, 1.165) is 12.8 Å². The Morgan fingerprint density at radius 3 is 0.921 bits per heavy atom. The Labute approximate surface area is 258 Å². The van der Waals surface area contributed by atoms with Crippen molar-refractivity contribution in [3.63, 3.8) is 0 Å². The summed E-state index contributed by atoms with van der Waals surface area (Å²) in [6.07, 6.45) is 31.9. The molecule has 0 bridgehead atoms. The largest absolute Gasteiger partial charge is 1.00 e. The average Bonchev–Trinajstić information content (AvgIpc) is 2.84. The minimum absolute atomic E-state index is 0. The summed E-state index contributed by atoms with van der Waals surface area (Å²) in [5, 5.41) is 0. The van der Waals surface area contributed by atoms with Crippen LogP contribution in [0.15, 0.2) is 0 Å². The highest BCUT2D eigenvalue weighted by molar-refractivity contribution is 7.83. The van der Waals surface area contributed by atoms with Gasteiger partial charge in [0.15, 0.2) is 5.90 Å². The van der Waals surface area contributed by atoms with Crippen LogP contribution in [0.3, 0.4) is 0 Å². The third kappa shape index (κ3) is 31.8. The lowest BCUT2D eigenvalue weighted by Gasteiger charge is -2.22. The van der Waals surface area contributed by atoms with Crippen LogP contribution in [-0.4, -0.2) is 39.1 Å². The lowest BCUT2D eigenvalue weighted by atomic mass is 10.1. The molecule has 0 aromatic heterocycles. The van der Waals surface area contributed by atoms with Crippen molar-refractivity contribution in [2.45, 2.75) is 168 Å². The minimum Gasteiger partial charge on any atom is -1.00 e. The molecule has 0 atom stereocenters. The molecule has 38 heavy (non-hydrogen) atoms. The lowest BCUT2D eigenvalue weighted by Crippen LogP contribution is -3.00. The molecule has 0 aromatic rings. The van der Waals surface area contributed by atoms with Crippen LogP contribution < -0.4 is 24.0 Å². The zero-order valence-electron chi connectivity index (χ0n) is 26.6. The minimum atomic E-state index is -2.96. The van der Waals surface area contributed by atoms with Crippen molar-refractivity contribution in [1.82, 2.24) is 0 Å². The number of hydrogen-bond acceptors (Lipinski definition) is 3. The predicted molar refractivity (Wildman–Crippen MR) is 171 cm³/mol. The van der Waals surface area contributed by atoms with Crippen molar-refractivity contribution in [2.24, 2.45) is 0 Å². The molecule has 0 aliphatic rings. The first-order valence-corrected chi connectivity index (χ1v) is 21.6. The molecule has 3 nitrogen and oxygen atoms in total. The summed E-state index contributed by atoms with van der Waals surface area (Å²) in [7, 11) is -4.18. The van der Waals surface area contributed by atoms with Crippen LogP contribution in [-0.2, 0) is 13.6 Å². The van der Waals surface area contributed by atoms with Gasteiger partial charge in [0.25, 0.3) is 0 Å². The summed E-state index contributed by atoms with van der Waals surface area (Å²) in [5.74, 6) is 0.622. The number of rotatable bonds is 30. The second-order valence-electron chi connectivity index (χ2n) is 12.5. The molecular formula is C32H69IO3P2. The molecule has 0 heterocycles. The first kappa shape index (κ1) is 41.4. The first-order chi connectivity index (χ1) is 17.8. The van der Waals surface area contributed by atoms with E-state index in [0.29, 0.717) is 19.1 Å². The molecule has 0 unspecified atom stereocenters. The Morgan fingerprint density at radius 1 is 0.447 bits per heavy atom. The maximum absolute atomic E-state index is 13.4. The maximum atomic E-state index is 13.4. The number of unbranched alkanes of at least 4 members (excludes halogenated alkanes) is 22. The first-order valence-electron chi connectivity index (χ1n) is 16.5. The van der Waals surface area contributed by atoms with Gasteiger partial charge in [0, 0.05) is 27.3 Å². The normalized spacial score (nSPS) is 12.1. The van der Waals surface area contributed by atoms with Gasteiger partial charge in [-0.05, 0) is 12.8 Å². The molecule has 0 rings (SSSR count). The van der Waals surface area contributed by atoms with Gasteiger partial charge in [-0.1, -0.05) is 155 Å². The fraction of sp³-hybridized carbons (Fsp3) is 1.00. The Bertz CT molecular complexity index is 477. The highest BCUT2D eigenvalue weighted by Crippen LogP contribution is 2.64. The Balaban J connectivity index is 0. The van der Waals surface area contributed by atoms with Gasteiger partial charge in [-0.3, -0.25) is 4.57 Å². The van der Waals surface area contributed by atoms with Gasteiger partial charge in [0.05, 0.1) is 13.2 Å². The number of hydrogen-bond donors (Lipinski definition) is 0. The highest BCUT2D eigenvalue weighted by Gasteiger charge is 2.35. The second-order valence-corrected chi connectivity index (χ2v) is 19.9. The fourth-order valence-corrected chi connectivity index (χ4v) is 10.6. The highest BCUT2D eigenvalue weighted by atomic mass is 127. The maximum Gasteiger partial charge on any atom is 0.367 e. The molecule has 0 aliphatic carbocycles. The molecule has 0 fully saturated rings. The molecular weight excluding hydrogens is 621 g/mol. The second kappa shape index (κ2) is 29.8. The predicted octanol–water partition coefficient (Wildman–Crippen LogP) is 9.48.